The van der Waals surface area contributed by atoms with Crippen LogP contribution < -0.4 is 5.32 Å². The van der Waals surface area contributed by atoms with E-state index in [-0.39, 0.29) is 23.5 Å². The van der Waals surface area contributed by atoms with E-state index in [0.29, 0.717) is 29.7 Å². The Morgan fingerprint density at radius 1 is 1.46 bits per heavy atom. The molecular weight excluding hydrogens is 324 g/mol. The largest absolute Gasteiger partial charge is 0.326 e. The van der Waals surface area contributed by atoms with Gasteiger partial charge in [-0.1, -0.05) is 13.0 Å². The molecule has 126 valence electrons. The number of nitrogens with one attached hydrogen (secondary N) is 2. The second-order valence-electron chi connectivity index (χ2n) is 6.32. The molecule has 1 aromatic heterocycles. The summed E-state index contributed by atoms with van der Waals surface area (Å²) in [5.41, 5.74) is 1.56. The summed E-state index contributed by atoms with van der Waals surface area (Å²) >= 11 is 5.24. The Kier molecular flexibility index (Phi) is 4.62. The van der Waals surface area contributed by atoms with Crippen molar-refractivity contribution in [3.05, 3.63) is 34.9 Å². The first-order valence-electron chi connectivity index (χ1n) is 8.02. The third kappa shape index (κ3) is 3.31. The lowest BCUT2D eigenvalue weighted by atomic mass is 9.79. The standard InChI is InChI=1S/C17H20N4O2S/c1-10-8-14(22)6-7-15(10)16(23)18-12-4-3-5-13(9-12)21-11(2)19-20-17(21)24/h3-5,9-10,15H,6-8H2,1-2H3,(H,18,23)(H,20,24)/t10-,15+/m0/s1. The molecule has 1 aromatic carbocycles. The van der Waals surface area contributed by atoms with Gasteiger partial charge in [0.25, 0.3) is 0 Å². The maximum Gasteiger partial charge on any atom is 0.227 e. The maximum absolute atomic E-state index is 12.5. The minimum atomic E-state index is -0.121. The number of Topliss-reactive ketones (excluding diaryl/α,β-unsaturated/α-hetero) is 1. The summed E-state index contributed by atoms with van der Waals surface area (Å²) in [6.45, 7) is 3.82. The van der Waals surface area contributed by atoms with Crippen molar-refractivity contribution in [2.45, 2.75) is 33.1 Å². The molecule has 0 radical (unpaired) electrons. The number of ketones is 1. The molecule has 0 unspecified atom stereocenters. The van der Waals surface area contributed by atoms with E-state index in [2.05, 4.69) is 15.5 Å². The van der Waals surface area contributed by atoms with Crippen LogP contribution in [0.3, 0.4) is 0 Å². The van der Waals surface area contributed by atoms with Gasteiger partial charge in [0.1, 0.15) is 11.6 Å². The lowest BCUT2D eigenvalue weighted by Gasteiger charge is -2.26. The molecule has 1 aliphatic rings. The molecule has 7 heteroatoms. The van der Waals surface area contributed by atoms with E-state index in [1.54, 1.807) is 0 Å². The molecule has 2 aromatic rings. The number of aromatic nitrogens is 3. The topological polar surface area (TPSA) is 79.8 Å². The highest BCUT2D eigenvalue weighted by molar-refractivity contribution is 7.71. The predicted molar refractivity (Wildman–Crippen MR) is 93.6 cm³/mol. The van der Waals surface area contributed by atoms with Gasteiger partial charge in [0.2, 0.25) is 5.91 Å². The summed E-state index contributed by atoms with van der Waals surface area (Å²) in [7, 11) is 0. The molecule has 1 aliphatic carbocycles. The molecule has 3 rings (SSSR count). The van der Waals surface area contributed by atoms with E-state index >= 15 is 0 Å². The lowest BCUT2D eigenvalue weighted by molar-refractivity contribution is -0.127. The Morgan fingerprint density at radius 2 is 2.25 bits per heavy atom. The van der Waals surface area contributed by atoms with Crippen LogP contribution in [-0.2, 0) is 9.59 Å². The quantitative estimate of drug-likeness (QED) is 0.838. The SMILES string of the molecule is Cc1n[nH]c(=S)n1-c1cccc(NC(=O)[C@@H]2CCC(=O)C[C@@H]2C)c1. The van der Waals surface area contributed by atoms with E-state index in [0.717, 1.165) is 11.5 Å². The van der Waals surface area contributed by atoms with Crippen molar-refractivity contribution in [2.24, 2.45) is 11.8 Å². The molecule has 1 saturated carbocycles. The molecule has 1 fully saturated rings. The third-order valence-electron chi connectivity index (χ3n) is 4.52. The van der Waals surface area contributed by atoms with Crippen molar-refractivity contribution in [1.82, 2.24) is 14.8 Å². The number of hydrogen-bond donors (Lipinski definition) is 2. The number of aromatic amines is 1. The highest BCUT2D eigenvalue weighted by Gasteiger charge is 2.31. The molecule has 0 aliphatic heterocycles. The molecule has 2 N–H and O–H groups in total. The first-order chi connectivity index (χ1) is 11.5. The van der Waals surface area contributed by atoms with E-state index in [9.17, 15) is 9.59 Å². The number of carbonyl (C=O) groups excluding carboxylic acids is 2. The first kappa shape index (κ1) is 16.6. The van der Waals surface area contributed by atoms with Gasteiger partial charge in [0.15, 0.2) is 4.77 Å². The molecule has 0 spiro atoms. The van der Waals surface area contributed by atoms with Gasteiger partial charge in [-0.05, 0) is 49.7 Å². The van der Waals surface area contributed by atoms with Crippen LogP contribution in [0.1, 0.15) is 32.0 Å². The number of aryl methyl sites for hydroxylation is 1. The number of amides is 1. The van der Waals surface area contributed by atoms with Gasteiger partial charge in [-0.25, -0.2) is 0 Å². The van der Waals surface area contributed by atoms with E-state index in [1.807, 2.05) is 42.7 Å². The molecule has 0 saturated heterocycles. The van der Waals surface area contributed by atoms with Crippen molar-refractivity contribution in [1.29, 1.82) is 0 Å². The van der Waals surface area contributed by atoms with Crippen LogP contribution in [-0.4, -0.2) is 26.5 Å². The van der Waals surface area contributed by atoms with Crippen LogP contribution in [0.25, 0.3) is 5.69 Å². The van der Waals surface area contributed by atoms with Gasteiger partial charge in [-0.2, -0.15) is 5.10 Å². The maximum atomic E-state index is 12.5. The normalized spacial score (nSPS) is 20.8. The van der Waals surface area contributed by atoms with Crippen LogP contribution in [0.4, 0.5) is 5.69 Å². The third-order valence-corrected chi connectivity index (χ3v) is 4.79. The molecule has 1 amide bonds. The Balaban J connectivity index is 1.79. The van der Waals surface area contributed by atoms with E-state index in [4.69, 9.17) is 12.2 Å². The van der Waals surface area contributed by atoms with Gasteiger partial charge in [-0.3, -0.25) is 19.3 Å². The lowest BCUT2D eigenvalue weighted by Crippen LogP contribution is -2.33. The van der Waals surface area contributed by atoms with Crippen molar-refractivity contribution >= 4 is 29.6 Å². The van der Waals surface area contributed by atoms with Gasteiger partial charge in [0.05, 0.1) is 5.69 Å². The summed E-state index contributed by atoms with van der Waals surface area (Å²) < 4.78 is 2.32. The van der Waals surface area contributed by atoms with Crippen LogP contribution in [0.5, 0.6) is 0 Å². The van der Waals surface area contributed by atoms with Crippen LogP contribution in [0.15, 0.2) is 24.3 Å². The zero-order chi connectivity index (χ0) is 17.3. The molecule has 24 heavy (non-hydrogen) atoms. The fourth-order valence-corrected chi connectivity index (χ4v) is 3.51. The number of H-pyrrole nitrogens is 1. The number of benzene rings is 1. The highest BCUT2D eigenvalue weighted by atomic mass is 32.1. The zero-order valence-corrected chi connectivity index (χ0v) is 14.5. The van der Waals surface area contributed by atoms with Crippen LogP contribution in [0.2, 0.25) is 0 Å². The summed E-state index contributed by atoms with van der Waals surface area (Å²) in [6, 6.07) is 7.50. The average Bonchev–Trinajstić information content (AvgIpc) is 2.86. The first-order valence-corrected chi connectivity index (χ1v) is 8.43. The predicted octanol–water partition coefficient (Wildman–Crippen LogP) is 3.18. The number of carbonyl (C=O) groups is 2. The molecule has 6 nitrogen and oxygen atoms in total. The fraction of sp³-hybridized carbons (Fsp3) is 0.412. The minimum Gasteiger partial charge on any atom is -0.326 e. The fourth-order valence-electron chi connectivity index (χ4n) is 3.23. The number of hydrogen-bond acceptors (Lipinski definition) is 4. The Labute approximate surface area is 145 Å². The Morgan fingerprint density at radius 3 is 2.92 bits per heavy atom. The Hall–Kier alpha value is -2.28. The van der Waals surface area contributed by atoms with Crippen molar-refractivity contribution in [3.63, 3.8) is 0 Å². The number of nitrogens with zero attached hydrogens (tertiary/aromatic N) is 2. The monoisotopic (exact) mass is 344 g/mol. The van der Waals surface area contributed by atoms with E-state index < -0.39 is 0 Å². The van der Waals surface area contributed by atoms with Crippen molar-refractivity contribution in [3.8, 4) is 5.69 Å². The second-order valence-corrected chi connectivity index (χ2v) is 6.70. The molecule has 0 bridgehead atoms. The average molecular weight is 344 g/mol. The zero-order valence-electron chi connectivity index (χ0n) is 13.7. The van der Waals surface area contributed by atoms with Crippen LogP contribution >= 0.6 is 12.2 Å². The summed E-state index contributed by atoms with van der Waals surface area (Å²) in [6.07, 6.45) is 1.60. The smallest absolute Gasteiger partial charge is 0.227 e. The van der Waals surface area contributed by atoms with Crippen molar-refractivity contribution in [2.75, 3.05) is 5.32 Å². The highest BCUT2D eigenvalue weighted by Crippen LogP contribution is 2.29. The summed E-state index contributed by atoms with van der Waals surface area (Å²) in [5, 5.41) is 9.82. The van der Waals surface area contributed by atoms with Gasteiger partial charge in [-0.15, -0.1) is 0 Å². The molecule has 1 heterocycles. The number of anilines is 1. The van der Waals surface area contributed by atoms with Gasteiger partial charge in [0, 0.05) is 24.4 Å². The summed E-state index contributed by atoms with van der Waals surface area (Å²) in [4.78, 5) is 24.0. The molecular formula is C17H20N4O2S. The van der Waals surface area contributed by atoms with E-state index in [1.165, 1.54) is 0 Å². The van der Waals surface area contributed by atoms with Crippen LogP contribution in [0, 0.1) is 23.5 Å². The summed E-state index contributed by atoms with van der Waals surface area (Å²) in [5.74, 6) is 0.935. The van der Waals surface area contributed by atoms with Gasteiger partial charge >= 0.3 is 0 Å². The van der Waals surface area contributed by atoms with Gasteiger partial charge < -0.3 is 5.32 Å². The molecule has 2 atom stereocenters. The number of rotatable bonds is 3. The van der Waals surface area contributed by atoms with Crippen molar-refractivity contribution < 1.29 is 9.59 Å². The minimum absolute atomic E-state index is 0.0281. The Bertz CT molecular complexity index is 839. The second kappa shape index (κ2) is 6.68.